The molecule has 3 rings (SSSR count). The van der Waals surface area contributed by atoms with Crippen molar-refractivity contribution in [3.05, 3.63) is 40.3 Å². The number of H-pyrrole nitrogens is 2. The van der Waals surface area contributed by atoms with E-state index in [0.717, 1.165) is 44.5 Å². The van der Waals surface area contributed by atoms with Gasteiger partial charge >= 0.3 is 0 Å². The Bertz CT molecular complexity index is 1150. The summed E-state index contributed by atoms with van der Waals surface area (Å²) in [6.07, 6.45) is 5.86. The molecule has 9 nitrogen and oxygen atoms in total. The maximum atomic E-state index is 12.0. The second kappa shape index (κ2) is 13.1. The van der Waals surface area contributed by atoms with Crippen LogP contribution < -0.4 is 21.5 Å². The molecule has 34 heavy (non-hydrogen) atoms. The minimum atomic E-state index is -0.153. The van der Waals surface area contributed by atoms with Crippen LogP contribution in [0.1, 0.15) is 45.2 Å². The van der Waals surface area contributed by atoms with E-state index in [1.54, 1.807) is 0 Å². The molecule has 0 bridgehead atoms. The highest BCUT2D eigenvalue weighted by Gasteiger charge is 2.18. The van der Waals surface area contributed by atoms with E-state index in [9.17, 15) is 4.79 Å². The lowest BCUT2D eigenvalue weighted by atomic mass is 10.1. The van der Waals surface area contributed by atoms with Gasteiger partial charge in [0.1, 0.15) is 11.6 Å². The van der Waals surface area contributed by atoms with Gasteiger partial charge in [0, 0.05) is 54.3 Å². The third-order valence-electron chi connectivity index (χ3n) is 5.57. The monoisotopic (exact) mass is 482 g/mol. The number of anilines is 3. The fourth-order valence-corrected chi connectivity index (χ4v) is 5.03. The molecule has 0 aliphatic heterocycles. The zero-order valence-corrected chi connectivity index (χ0v) is 21.2. The van der Waals surface area contributed by atoms with Gasteiger partial charge in [-0.25, -0.2) is 4.98 Å². The maximum absolute atomic E-state index is 12.0. The van der Waals surface area contributed by atoms with Crippen molar-refractivity contribution in [2.75, 3.05) is 29.5 Å². The van der Waals surface area contributed by atoms with Crippen molar-refractivity contribution in [3.8, 4) is 6.07 Å². The van der Waals surface area contributed by atoms with Crippen LogP contribution >= 0.6 is 8.58 Å². The third kappa shape index (κ3) is 7.54. The number of nitriles is 1. The van der Waals surface area contributed by atoms with Gasteiger partial charge < -0.3 is 20.9 Å². The van der Waals surface area contributed by atoms with Crippen LogP contribution in [0.25, 0.3) is 10.9 Å². The zero-order chi connectivity index (χ0) is 24.3. The van der Waals surface area contributed by atoms with Gasteiger partial charge in [-0.2, -0.15) is 10.4 Å². The minimum Gasteiger partial charge on any atom is -0.366 e. The van der Waals surface area contributed by atoms with E-state index >= 15 is 0 Å². The van der Waals surface area contributed by atoms with Crippen LogP contribution in [0.5, 0.6) is 0 Å². The van der Waals surface area contributed by atoms with Crippen molar-refractivity contribution < 1.29 is 0 Å². The van der Waals surface area contributed by atoms with Gasteiger partial charge in [-0.05, 0) is 38.2 Å². The molecule has 10 heteroatoms. The first-order valence-corrected chi connectivity index (χ1v) is 13.3. The Labute approximate surface area is 202 Å². The molecule has 0 aliphatic carbocycles. The predicted molar refractivity (Wildman–Crippen MR) is 142 cm³/mol. The molecule has 3 atom stereocenters. The molecule has 0 radical (unpaired) electrons. The van der Waals surface area contributed by atoms with Gasteiger partial charge in [-0.15, -0.1) is 8.58 Å². The van der Waals surface area contributed by atoms with Crippen molar-refractivity contribution in [1.82, 2.24) is 25.5 Å². The fourth-order valence-electron chi connectivity index (χ4n) is 3.86. The summed E-state index contributed by atoms with van der Waals surface area (Å²) in [5.74, 6) is 2.02. The number of fused-ring (bicyclic) bond motifs is 1. The highest BCUT2D eigenvalue weighted by atomic mass is 31.1. The number of hydrogen-bond donors (Lipinski definition) is 5. The van der Waals surface area contributed by atoms with E-state index in [-0.39, 0.29) is 11.6 Å². The maximum Gasteiger partial charge on any atom is 0.248 e. The van der Waals surface area contributed by atoms with Crippen LogP contribution in [0.2, 0.25) is 0 Å². The molecule has 0 spiro atoms. The van der Waals surface area contributed by atoms with Crippen molar-refractivity contribution in [3.63, 3.8) is 0 Å². The lowest BCUT2D eigenvalue weighted by molar-refractivity contribution is 0.454. The van der Waals surface area contributed by atoms with Gasteiger partial charge in [0.05, 0.1) is 11.6 Å². The van der Waals surface area contributed by atoms with E-state index in [4.69, 9.17) is 10.2 Å². The van der Waals surface area contributed by atoms with Crippen molar-refractivity contribution >= 4 is 36.9 Å². The van der Waals surface area contributed by atoms with Crippen molar-refractivity contribution in [2.45, 2.75) is 58.5 Å². The van der Waals surface area contributed by atoms with E-state index in [0.29, 0.717) is 36.2 Å². The molecule has 3 aromatic heterocycles. The lowest BCUT2D eigenvalue weighted by Gasteiger charge is -2.26. The molecular formula is C24H35N8OP. The summed E-state index contributed by atoms with van der Waals surface area (Å²) >= 11 is 0. The van der Waals surface area contributed by atoms with Crippen LogP contribution in [0.4, 0.5) is 17.5 Å². The number of aromatic nitrogens is 4. The summed E-state index contributed by atoms with van der Waals surface area (Å²) in [5.41, 5.74) is 1.51. The van der Waals surface area contributed by atoms with Crippen molar-refractivity contribution in [2.24, 2.45) is 0 Å². The summed E-state index contributed by atoms with van der Waals surface area (Å²) < 4.78 is 0. The molecule has 0 amide bonds. The van der Waals surface area contributed by atoms with Gasteiger partial charge in [-0.1, -0.05) is 20.3 Å². The lowest BCUT2D eigenvalue weighted by Crippen LogP contribution is -2.36. The molecule has 0 aromatic carbocycles. The summed E-state index contributed by atoms with van der Waals surface area (Å²) in [6.45, 7) is 7.02. The standard InChI is InChI=1S/C24H35N8OP/c1-4-11-34-15-18(13-17(5-2)26-10-6-9-25)27-24-19-7-8-23(33)28-20(19)14-21(30-24)29-22-12-16(3)31-32-22/h7-8,12,14,17-18,26,34H,4-6,10-11,13,15H2,1-3H3,(H,28,33)(H3,27,29,30,31,32). The Hall–Kier alpha value is -2.95. The number of hydrogen-bond acceptors (Lipinski definition) is 7. The second-order valence-electron chi connectivity index (χ2n) is 8.45. The minimum absolute atomic E-state index is 0.153. The third-order valence-corrected chi connectivity index (χ3v) is 7.20. The summed E-state index contributed by atoms with van der Waals surface area (Å²) in [4.78, 5) is 19.8. The first kappa shape index (κ1) is 25.7. The molecule has 0 saturated heterocycles. The van der Waals surface area contributed by atoms with E-state index in [1.165, 1.54) is 18.6 Å². The first-order valence-electron chi connectivity index (χ1n) is 11.9. The van der Waals surface area contributed by atoms with Crippen LogP contribution in [0.15, 0.2) is 29.1 Å². The first-order chi connectivity index (χ1) is 16.5. The van der Waals surface area contributed by atoms with Crippen LogP contribution in [-0.4, -0.2) is 51.1 Å². The summed E-state index contributed by atoms with van der Waals surface area (Å²) in [6, 6.07) is 9.83. The Morgan fingerprint density at radius 2 is 2.06 bits per heavy atom. The summed E-state index contributed by atoms with van der Waals surface area (Å²) in [5, 5.41) is 27.3. The predicted octanol–water partition coefficient (Wildman–Crippen LogP) is 4.24. The number of nitrogens with zero attached hydrogens (tertiary/aromatic N) is 3. The largest absolute Gasteiger partial charge is 0.366 e. The van der Waals surface area contributed by atoms with E-state index < -0.39 is 0 Å². The molecule has 3 aromatic rings. The molecule has 0 fully saturated rings. The quantitative estimate of drug-likeness (QED) is 0.171. The Morgan fingerprint density at radius 1 is 1.21 bits per heavy atom. The smallest absolute Gasteiger partial charge is 0.248 e. The highest BCUT2D eigenvalue weighted by Crippen LogP contribution is 2.27. The number of rotatable bonds is 14. The molecular weight excluding hydrogens is 447 g/mol. The second-order valence-corrected chi connectivity index (χ2v) is 9.86. The van der Waals surface area contributed by atoms with E-state index in [2.05, 4.69) is 51.0 Å². The normalized spacial score (nSPS) is 13.2. The van der Waals surface area contributed by atoms with E-state index in [1.807, 2.05) is 25.1 Å². The molecule has 0 aliphatic rings. The summed E-state index contributed by atoms with van der Waals surface area (Å²) in [7, 11) is 0.862. The highest BCUT2D eigenvalue weighted by molar-refractivity contribution is 7.38. The Morgan fingerprint density at radius 3 is 2.76 bits per heavy atom. The molecule has 3 unspecified atom stereocenters. The van der Waals surface area contributed by atoms with Gasteiger partial charge in [0.25, 0.3) is 0 Å². The zero-order valence-electron chi connectivity index (χ0n) is 20.2. The van der Waals surface area contributed by atoms with Gasteiger partial charge in [0.15, 0.2) is 5.82 Å². The van der Waals surface area contributed by atoms with Crippen LogP contribution in [-0.2, 0) is 0 Å². The van der Waals surface area contributed by atoms with Crippen molar-refractivity contribution in [1.29, 1.82) is 5.26 Å². The fraction of sp³-hybridized carbons (Fsp3) is 0.500. The van der Waals surface area contributed by atoms with Crippen LogP contribution in [0.3, 0.4) is 0 Å². The van der Waals surface area contributed by atoms with Gasteiger partial charge in [-0.3, -0.25) is 9.89 Å². The Balaban J connectivity index is 1.88. The molecule has 182 valence electrons. The average Bonchev–Trinajstić information content (AvgIpc) is 3.22. The SMILES string of the molecule is CCCPCC(CC(CC)NCCC#N)Nc1nc(Nc2cc(C)[nH]n2)cc2[nH]c(=O)ccc12. The molecule has 0 saturated carbocycles. The molecule has 3 heterocycles. The number of nitrogens with one attached hydrogen (secondary N) is 5. The molecule has 5 N–H and O–H groups in total. The number of aryl methyl sites for hydroxylation is 1. The topological polar surface area (TPSA) is 134 Å². The van der Waals surface area contributed by atoms with Crippen LogP contribution in [0, 0.1) is 18.3 Å². The Kier molecular flexibility index (Phi) is 9.87. The number of pyridine rings is 2. The van der Waals surface area contributed by atoms with Gasteiger partial charge in [0.2, 0.25) is 5.56 Å². The number of aromatic amines is 2. The average molecular weight is 483 g/mol.